The summed E-state index contributed by atoms with van der Waals surface area (Å²) in [7, 11) is 1.54. The molecule has 0 bridgehead atoms. The standard InChI is InChI=1S/C53H59ClF4N8O7/c1-4-65(23-22-64-19-16-30(17-20-64)42-36(55)26-35-48(47(42)58)63(3)62-50(35)66-21-18-40(68)61-52(66)71)51(70)31-10-12-33(13-11-31)60-28-53(32-8-6-5-7-9-32)29(2)41-39(73-53)27-37(56)45(54)44(41)43-34(49(59)69)14-15-38(46(43)57)72-25-24-67/h5-9,14-15,26-27,29-31,33,60,67H,4,10-13,16-25,28H2,1-3H3,(H2,59,69)(H,61,68,71)/t29-,31?,33?,53-/m0/s1. The number of hydrogen-bond acceptors (Lipinski definition) is 10. The molecule has 20 heteroatoms. The Morgan fingerprint density at radius 2 is 1.70 bits per heavy atom. The zero-order valence-electron chi connectivity index (χ0n) is 40.9. The Morgan fingerprint density at radius 3 is 2.37 bits per heavy atom. The minimum absolute atomic E-state index is 0.00184. The molecular weight excluding hydrogens is 972 g/mol. The average molecular weight is 1030 g/mol. The molecule has 1 saturated carbocycles. The first-order chi connectivity index (χ1) is 35.1. The number of carbonyl (C=O) groups is 4. The van der Waals surface area contributed by atoms with Crippen LogP contribution in [0.1, 0.15) is 97.7 Å². The van der Waals surface area contributed by atoms with Crippen molar-refractivity contribution in [3.05, 3.63) is 105 Å². The predicted molar refractivity (Wildman–Crippen MR) is 266 cm³/mol. The van der Waals surface area contributed by atoms with Gasteiger partial charge in [-0.05, 0) is 88.2 Å². The van der Waals surface area contributed by atoms with E-state index in [0.29, 0.717) is 76.8 Å². The molecule has 2 atom stereocenters. The Labute approximate surface area is 424 Å². The number of nitrogens with two attached hydrogens (primary N) is 1. The second-order valence-electron chi connectivity index (χ2n) is 19.4. The van der Waals surface area contributed by atoms with Crippen LogP contribution >= 0.6 is 11.6 Å². The summed E-state index contributed by atoms with van der Waals surface area (Å²) in [5.74, 6) is -5.83. The van der Waals surface area contributed by atoms with E-state index in [2.05, 4.69) is 20.6 Å². The highest BCUT2D eigenvalue weighted by molar-refractivity contribution is 6.34. The van der Waals surface area contributed by atoms with E-state index < -0.39 is 64.3 Å². The summed E-state index contributed by atoms with van der Waals surface area (Å²) in [6, 6.07) is 13.6. The third kappa shape index (κ3) is 9.72. The number of carbonyl (C=O) groups excluding carboxylic acids is 4. The zero-order valence-corrected chi connectivity index (χ0v) is 41.7. The Kier molecular flexibility index (Phi) is 15.1. The lowest BCUT2D eigenvalue weighted by atomic mass is 9.77. The van der Waals surface area contributed by atoms with Crippen molar-refractivity contribution in [2.75, 3.05) is 63.9 Å². The van der Waals surface area contributed by atoms with Crippen molar-refractivity contribution in [2.24, 2.45) is 18.7 Å². The number of aromatic nitrogens is 2. The van der Waals surface area contributed by atoms with Crippen LogP contribution in [-0.4, -0.2) is 114 Å². The van der Waals surface area contributed by atoms with Gasteiger partial charge in [-0.2, -0.15) is 5.10 Å². The number of primary amides is 1. The van der Waals surface area contributed by atoms with E-state index in [1.54, 1.807) is 0 Å². The van der Waals surface area contributed by atoms with Crippen molar-refractivity contribution in [3.8, 4) is 22.6 Å². The SMILES string of the molecule is CCN(CCN1CCC(c2c(F)cc3c(N4CCC(=O)NC4=O)nn(C)c3c2F)CC1)C(=O)C1CCC(NC[C@]2(c3ccccc3)Oc3cc(F)c(Cl)c(-c4c(C(N)=O)ccc(OCCO)c4F)c3[C@@H]2C)CC1. The molecule has 73 heavy (non-hydrogen) atoms. The highest BCUT2D eigenvalue weighted by Crippen LogP contribution is 2.56. The number of piperidine rings is 1. The highest BCUT2D eigenvalue weighted by atomic mass is 35.5. The minimum Gasteiger partial charge on any atom is -0.488 e. The number of likely N-dealkylation sites (N-methyl/N-ethyl adjacent to an activating group) is 1. The maximum atomic E-state index is 16.5. The largest absolute Gasteiger partial charge is 0.488 e. The maximum absolute atomic E-state index is 16.5. The number of likely N-dealkylation sites (tertiary alicyclic amines) is 1. The van der Waals surface area contributed by atoms with Crippen LogP contribution in [0.3, 0.4) is 0 Å². The first-order valence-corrected chi connectivity index (χ1v) is 25.3. The summed E-state index contributed by atoms with van der Waals surface area (Å²) < 4.78 is 78.0. The zero-order chi connectivity index (χ0) is 51.9. The number of fused-ring (bicyclic) bond motifs is 2. The van der Waals surface area contributed by atoms with E-state index in [9.17, 15) is 24.3 Å². The Balaban J connectivity index is 0.830. The van der Waals surface area contributed by atoms with Crippen LogP contribution in [0.5, 0.6) is 11.5 Å². The van der Waals surface area contributed by atoms with Gasteiger partial charge in [0.1, 0.15) is 29.5 Å². The molecule has 9 rings (SSSR count). The second kappa shape index (κ2) is 21.3. The topological polar surface area (TPSA) is 185 Å². The lowest BCUT2D eigenvalue weighted by molar-refractivity contribution is -0.136. The summed E-state index contributed by atoms with van der Waals surface area (Å²) in [6.07, 6.45) is 3.75. The van der Waals surface area contributed by atoms with Gasteiger partial charge in [0, 0.05) is 92.4 Å². The van der Waals surface area contributed by atoms with Crippen molar-refractivity contribution >= 4 is 52.1 Å². The Bertz CT molecular complexity index is 2950. The fraction of sp³-hybridized carbons (Fsp3) is 0.453. The normalized spacial score (nSPS) is 21.5. The number of rotatable bonds is 16. The summed E-state index contributed by atoms with van der Waals surface area (Å²) in [5.41, 5.74) is 5.17. The highest BCUT2D eigenvalue weighted by Gasteiger charge is 2.50. The molecule has 5 aromatic rings. The number of ether oxygens (including phenoxy) is 2. The molecule has 5 N–H and O–H groups in total. The van der Waals surface area contributed by atoms with E-state index in [1.165, 1.54) is 40.9 Å². The van der Waals surface area contributed by atoms with Crippen molar-refractivity contribution in [1.29, 1.82) is 0 Å². The molecule has 4 heterocycles. The molecule has 4 aliphatic rings. The van der Waals surface area contributed by atoms with Crippen LogP contribution in [0.2, 0.25) is 5.02 Å². The number of nitrogens with zero attached hydrogens (tertiary/aromatic N) is 5. The van der Waals surface area contributed by atoms with Gasteiger partial charge in [0.15, 0.2) is 28.8 Å². The third-order valence-corrected chi connectivity index (χ3v) is 15.7. The van der Waals surface area contributed by atoms with Crippen LogP contribution in [-0.2, 0) is 22.2 Å². The number of aliphatic hydroxyl groups excluding tert-OH is 1. The molecule has 0 radical (unpaired) electrons. The lowest BCUT2D eigenvalue weighted by Gasteiger charge is -2.38. The van der Waals surface area contributed by atoms with Gasteiger partial charge in [-0.1, -0.05) is 48.9 Å². The molecule has 0 unspecified atom stereocenters. The predicted octanol–water partition coefficient (Wildman–Crippen LogP) is 7.63. The van der Waals surface area contributed by atoms with E-state index in [0.717, 1.165) is 5.56 Å². The summed E-state index contributed by atoms with van der Waals surface area (Å²) in [4.78, 5) is 56.4. The number of nitrogens with one attached hydrogen (secondary N) is 2. The first kappa shape index (κ1) is 51.6. The van der Waals surface area contributed by atoms with Gasteiger partial charge in [-0.3, -0.25) is 29.3 Å². The van der Waals surface area contributed by atoms with Gasteiger partial charge in [-0.15, -0.1) is 0 Å². The van der Waals surface area contributed by atoms with Crippen LogP contribution in [0.15, 0.2) is 54.6 Å². The van der Waals surface area contributed by atoms with E-state index in [1.807, 2.05) is 49.1 Å². The molecular formula is C53H59ClF4N8O7. The van der Waals surface area contributed by atoms with Crippen LogP contribution < -0.4 is 30.7 Å². The van der Waals surface area contributed by atoms with Crippen molar-refractivity contribution < 1.29 is 51.3 Å². The number of imide groups is 1. The third-order valence-electron chi connectivity index (χ3n) is 15.3. The van der Waals surface area contributed by atoms with Crippen molar-refractivity contribution in [1.82, 2.24) is 30.2 Å². The molecule has 2 saturated heterocycles. The molecule has 15 nitrogen and oxygen atoms in total. The maximum Gasteiger partial charge on any atom is 0.329 e. The van der Waals surface area contributed by atoms with Crippen molar-refractivity contribution in [2.45, 2.75) is 82.3 Å². The van der Waals surface area contributed by atoms with E-state index in [4.69, 9.17) is 26.8 Å². The van der Waals surface area contributed by atoms with Gasteiger partial charge < -0.3 is 35.4 Å². The van der Waals surface area contributed by atoms with E-state index >= 15 is 17.6 Å². The van der Waals surface area contributed by atoms with Gasteiger partial charge in [0.05, 0.1) is 22.6 Å². The first-order valence-electron chi connectivity index (χ1n) is 24.9. The fourth-order valence-corrected chi connectivity index (χ4v) is 11.7. The number of urea groups is 1. The summed E-state index contributed by atoms with van der Waals surface area (Å²) in [5, 5.41) is 19.4. The van der Waals surface area contributed by atoms with Crippen LogP contribution in [0, 0.1) is 29.2 Å². The van der Waals surface area contributed by atoms with Crippen LogP contribution in [0.4, 0.5) is 28.2 Å². The molecule has 5 amide bonds. The summed E-state index contributed by atoms with van der Waals surface area (Å²) >= 11 is 6.71. The summed E-state index contributed by atoms with van der Waals surface area (Å²) in [6.45, 7) is 6.31. The second-order valence-corrected chi connectivity index (χ2v) is 19.8. The molecule has 0 spiro atoms. The molecule has 3 fully saturated rings. The fourth-order valence-electron chi connectivity index (χ4n) is 11.4. The average Bonchev–Trinajstić information content (AvgIpc) is 3.86. The number of aliphatic hydroxyl groups is 1. The molecule has 1 aromatic heterocycles. The van der Waals surface area contributed by atoms with Crippen LogP contribution in [0.25, 0.3) is 22.0 Å². The number of amides is 5. The molecule has 1 aliphatic carbocycles. The van der Waals surface area contributed by atoms with Gasteiger partial charge in [0.2, 0.25) is 17.7 Å². The number of halogens is 5. The smallest absolute Gasteiger partial charge is 0.329 e. The molecule has 4 aromatic carbocycles. The number of aryl methyl sites for hydroxylation is 1. The van der Waals surface area contributed by atoms with Gasteiger partial charge in [-0.25, -0.2) is 22.4 Å². The van der Waals surface area contributed by atoms with Crippen molar-refractivity contribution in [3.63, 3.8) is 0 Å². The minimum atomic E-state index is -1.15. The van der Waals surface area contributed by atoms with Gasteiger partial charge in [0.25, 0.3) is 0 Å². The quantitative estimate of drug-likeness (QED) is 0.0717. The van der Waals surface area contributed by atoms with Gasteiger partial charge >= 0.3 is 6.03 Å². The monoisotopic (exact) mass is 1030 g/mol. The number of anilines is 1. The lowest BCUT2D eigenvalue weighted by Crippen LogP contribution is -2.49. The molecule has 388 valence electrons. The Hall–Kier alpha value is -6.28. The molecule has 3 aliphatic heterocycles. The number of hydrogen-bond donors (Lipinski definition) is 4. The Morgan fingerprint density at radius 1 is 0.973 bits per heavy atom. The van der Waals surface area contributed by atoms with E-state index in [-0.39, 0.29) is 100 Å². The number of benzene rings is 4.